The van der Waals surface area contributed by atoms with E-state index < -0.39 is 0 Å². The number of primary amides is 1. The normalized spacial score (nSPS) is 17.2. The average molecular weight is 347 g/mol. The summed E-state index contributed by atoms with van der Waals surface area (Å²) in [5, 5.41) is 0.813. The molecule has 126 valence electrons. The molecule has 2 heterocycles. The molecule has 2 aromatic rings. The van der Waals surface area contributed by atoms with Crippen LogP contribution in [0.15, 0.2) is 24.3 Å². The third-order valence-corrected chi connectivity index (χ3v) is 5.33. The third kappa shape index (κ3) is 3.46. The largest absolute Gasteiger partial charge is 0.369 e. The second kappa shape index (κ2) is 6.68. The van der Waals surface area contributed by atoms with Crippen LogP contribution in [0.25, 0.3) is 0 Å². The highest BCUT2D eigenvalue weighted by atomic mass is 32.1. The van der Waals surface area contributed by atoms with Crippen LogP contribution >= 0.6 is 11.3 Å². The first-order valence-corrected chi connectivity index (χ1v) is 8.55. The number of halogens is 1. The Labute approximate surface area is 143 Å². The van der Waals surface area contributed by atoms with E-state index in [1.807, 2.05) is 0 Å². The highest BCUT2D eigenvalue weighted by Crippen LogP contribution is 2.25. The predicted octanol–water partition coefficient (Wildman–Crippen LogP) is 2.13. The van der Waals surface area contributed by atoms with Crippen LogP contribution in [-0.2, 0) is 11.2 Å². The maximum atomic E-state index is 13.0. The molecule has 1 fully saturated rings. The van der Waals surface area contributed by atoms with Crippen molar-refractivity contribution in [3.63, 3.8) is 0 Å². The lowest BCUT2D eigenvalue weighted by Crippen LogP contribution is -2.31. The second-order valence-corrected chi connectivity index (χ2v) is 7.05. The molecule has 5 nitrogen and oxygen atoms in total. The molecule has 0 radical (unpaired) electrons. The standard InChI is InChI=1S/C17H18FN3O2S/c1-10-15(17(23)21-7-6-12(9-21)16(19)22)24-14(20-10)8-11-2-4-13(18)5-3-11/h2-5,12H,6-9H2,1H3,(H2,19,22). The number of nitrogens with zero attached hydrogens (tertiary/aromatic N) is 2. The number of carbonyl (C=O) groups excluding carboxylic acids is 2. The van der Waals surface area contributed by atoms with Gasteiger partial charge >= 0.3 is 0 Å². The van der Waals surface area contributed by atoms with Crippen molar-refractivity contribution in [1.29, 1.82) is 0 Å². The molecule has 1 aromatic carbocycles. The molecule has 1 atom stereocenters. The lowest BCUT2D eigenvalue weighted by Gasteiger charge is -2.14. The van der Waals surface area contributed by atoms with Crippen LogP contribution in [0.3, 0.4) is 0 Å². The van der Waals surface area contributed by atoms with E-state index in [4.69, 9.17) is 5.73 Å². The maximum absolute atomic E-state index is 13.0. The van der Waals surface area contributed by atoms with Gasteiger partial charge in [0.15, 0.2) is 0 Å². The van der Waals surface area contributed by atoms with Gasteiger partial charge in [0.2, 0.25) is 5.91 Å². The number of rotatable bonds is 4. The van der Waals surface area contributed by atoms with Gasteiger partial charge in [-0.25, -0.2) is 9.37 Å². The van der Waals surface area contributed by atoms with E-state index >= 15 is 0 Å². The van der Waals surface area contributed by atoms with E-state index in [0.717, 1.165) is 10.6 Å². The van der Waals surface area contributed by atoms with Gasteiger partial charge in [0, 0.05) is 19.5 Å². The van der Waals surface area contributed by atoms with Gasteiger partial charge in [-0.05, 0) is 31.0 Å². The Bertz CT molecular complexity index is 773. The predicted molar refractivity (Wildman–Crippen MR) is 89.3 cm³/mol. The smallest absolute Gasteiger partial charge is 0.265 e. The molecule has 0 bridgehead atoms. The van der Waals surface area contributed by atoms with Crippen molar-refractivity contribution in [2.75, 3.05) is 13.1 Å². The fraction of sp³-hybridized carbons (Fsp3) is 0.353. The van der Waals surface area contributed by atoms with Crippen molar-refractivity contribution in [3.05, 3.63) is 51.2 Å². The van der Waals surface area contributed by atoms with Crippen molar-refractivity contribution in [2.24, 2.45) is 11.7 Å². The number of likely N-dealkylation sites (tertiary alicyclic amines) is 1. The first kappa shape index (κ1) is 16.6. The molecule has 1 aromatic heterocycles. The number of carbonyl (C=O) groups is 2. The fourth-order valence-corrected chi connectivity index (χ4v) is 3.89. The van der Waals surface area contributed by atoms with Crippen LogP contribution in [0.4, 0.5) is 4.39 Å². The summed E-state index contributed by atoms with van der Waals surface area (Å²) in [6.07, 6.45) is 1.17. The Balaban J connectivity index is 1.73. The number of hydrogen-bond acceptors (Lipinski definition) is 4. The molecule has 0 spiro atoms. The Morgan fingerprint density at radius 2 is 2.08 bits per heavy atom. The van der Waals surface area contributed by atoms with Gasteiger partial charge in [-0.15, -0.1) is 11.3 Å². The zero-order chi connectivity index (χ0) is 17.3. The zero-order valence-corrected chi connectivity index (χ0v) is 14.1. The summed E-state index contributed by atoms with van der Waals surface area (Å²) < 4.78 is 13.0. The lowest BCUT2D eigenvalue weighted by atomic mass is 10.1. The van der Waals surface area contributed by atoms with Crippen LogP contribution in [0.2, 0.25) is 0 Å². The minimum absolute atomic E-state index is 0.0980. The SMILES string of the molecule is Cc1nc(Cc2ccc(F)cc2)sc1C(=O)N1CCC(C(N)=O)C1. The van der Waals surface area contributed by atoms with Crippen molar-refractivity contribution in [2.45, 2.75) is 19.8 Å². The molecular weight excluding hydrogens is 329 g/mol. The monoisotopic (exact) mass is 347 g/mol. The van der Waals surface area contributed by atoms with Gasteiger partial charge < -0.3 is 10.6 Å². The van der Waals surface area contributed by atoms with Gasteiger partial charge in [-0.3, -0.25) is 9.59 Å². The highest BCUT2D eigenvalue weighted by Gasteiger charge is 2.31. The van der Waals surface area contributed by atoms with Gasteiger partial charge in [0.1, 0.15) is 10.7 Å². The maximum Gasteiger partial charge on any atom is 0.265 e. The topological polar surface area (TPSA) is 76.3 Å². The fourth-order valence-electron chi connectivity index (χ4n) is 2.82. The molecule has 2 N–H and O–H groups in total. The minimum Gasteiger partial charge on any atom is -0.369 e. The van der Waals surface area contributed by atoms with Gasteiger partial charge in [0.05, 0.1) is 16.6 Å². The minimum atomic E-state index is -0.358. The quantitative estimate of drug-likeness (QED) is 0.920. The third-order valence-electron chi connectivity index (χ3n) is 4.18. The number of thiazole rings is 1. The Morgan fingerprint density at radius 3 is 2.71 bits per heavy atom. The van der Waals surface area contributed by atoms with Crippen LogP contribution in [0.1, 0.15) is 32.4 Å². The van der Waals surface area contributed by atoms with Crippen LogP contribution in [0, 0.1) is 18.7 Å². The zero-order valence-electron chi connectivity index (χ0n) is 13.3. The molecule has 0 aliphatic carbocycles. The molecule has 1 saturated heterocycles. The lowest BCUT2D eigenvalue weighted by molar-refractivity contribution is -0.121. The average Bonchev–Trinajstić information content (AvgIpc) is 3.16. The van der Waals surface area contributed by atoms with E-state index in [-0.39, 0.29) is 23.5 Å². The summed E-state index contributed by atoms with van der Waals surface area (Å²) in [4.78, 5) is 30.6. The summed E-state index contributed by atoms with van der Waals surface area (Å²) in [6.45, 7) is 2.72. The molecular formula is C17H18FN3O2S. The molecule has 2 amide bonds. The number of nitrogens with two attached hydrogens (primary N) is 1. The van der Waals surface area contributed by atoms with Gasteiger partial charge in [-0.1, -0.05) is 12.1 Å². The second-order valence-electron chi connectivity index (χ2n) is 5.96. The molecule has 1 unspecified atom stereocenters. The molecule has 24 heavy (non-hydrogen) atoms. The number of benzene rings is 1. The van der Waals surface area contributed by atoms with Crippen molar-refractivity contribution in [1.82, 2.24) is 9.88 Å². The molecule has 3 rings (SSSR count). The van der Waals surface area contributed by atoms with Crippen LogP contribution < -0.4 is 5.73 Å². The molecule has 7 heteroatoms. The van der Waals surface area contributed by atoms with E-state index in [0.29, 0.717) is 36.5 Å². The van der Waals surface area contributed by atoms with E-state index in [1.165, 1.54) is 23.5 Å². The van der Waals surface area contributed by atoms with Gasteiger partial charge in [-0.2, -0.15) is 0 Å². The summed E-state index contributed by atoms with van der Waals surface area (Å²) in [5.41, 5.74) is 6.94. The summed E-state index contributed by atoms with van der Waals surface area (Å²) in [5.74, 6) is -0.994. The number of aryl methyl sites for hydroxylation is 1. The van der Waals surface area contributed by atoms with E-state index in [2.05, 4.69) is 4.98 Å². The molecule has 1 aliphatic heterocycles. The van der Waals surface area contributed by atoms with Crippen LogP contribution in [-0.4, -0.2) is 34.8 Å². The number of aromatic nitrogens is 1. The Kier molecular flexibility index (Phi) is 4.62. The van der Waals surface area contributed by atoms with Crippen molar-refractivity contribution >= 4 is 23.2 Å². The van der Waals surface area contributed by atoms with Crippen molar-refractivity contribution in [3.8, 4) is 0 Å². The summed E-state index contributed by atoms with van der Waals surface area (Å²) >= 11 is 1.35. The summed E-state index contributed by atoms with van der Waals surface area (Å²) in [7, 11) is 0. The van der Waals surface area contributed by atoms with Crippen molar-refractivity contribution < 1.29 is 14.0 Å². The van der Waals surface area contributed by atoms with E-state index in [1.54, 1.807) is 24.0 Å². The van der Waals surface area contributed by atoms with E-state index in [9.17, 15) is 14.0 Å². The number of hydrogen-bond donors (Lipinski definition) is 1. The Morgan fingerprint density at radius 1 is 1.38 bits per heavy atom. The molecule has 0 saturated carbocycles. The first-order valence-electron chi connectivity index (χ1n) is 7.73. The van der Waals surface area contributed by atoms with Gasteiger partial charge in [0.25, 0.3) is 5.91 Å². The number of amides is 2. The first-order chi connectivity index (χ1) is 11.4. The summed E-state index contributed by atoms with van der Waals surface area (Å²) in [6, 6.07) is 6.25. The Hall–Kier alpha value is -2.28. The molecule has 1 aliphatic rings. The highest BCUT2D eigenvalue weighted by molar-refractivity contribution is 7.13. The van der Waals surface area contributed by atoms with Crippen LogP contribution in [0.5, 0.6) is 0 Å².